The second kappa shape index (κ2) is 16.9. The van der Waals surface area contributed by atoms with E-state index in [1.165, 1.54) is 12.1 Å². The van der Waals surface area contributed by atoms with E-state index < -0.39 is 113 Å². The number of halogens is 18. The SMILES string of the molecule is CCCCCCC(F)(F)C(F)(F)C(F)(F)NC(F)(F)C(F)(F)C(F)(F)CCCCCC.Fc1ccccc1-c1c(F)c(F)c(F)c(F)c1F. The number of hydrogen-bond donors (Lipinski definition) is 1. The molecule has 0 aliphatic heterocycles. The van der Waals surface area contributed by atoms with E-state index in [-0.39, 0.29) is 12.8 Å². The standard InChI is InChI=1S/C18H27F12N.C12H4F6/c1-3-5-7-9-11-13(19,20)15(23,24)17(27,28)31-18(29,30)16(25,26)14(21,22)12-10-8-6-4-2;13-6-4-2-1-3-5(6)7-8(14)10(16)12(18)11(17)9(7)15/h31H,3-12H2,1-2H3;1-4H. The van der Waals surface area contributed by atoms with Crippen LogP contribution in [0.4, 0.5) is 79.0 Å². The van der Waals surface area contributed by atoms with E-state index in [9.17, 15) is 79.0 Å². The van der Waals surface area contributed by atoms with Crippen molar-refractivity contribution in [1.29, 1.82) is 0 Å². The Bertz CT molecular complexity index is 1280. The van der Waals surface area contributed by atoms with Crippen LogP contribution in [-0.2, 0) is 0 Å². The minimum absolute atomic E-state index is 0.0559. The lowest BCUT2D eigenvalue weighted by Crippen LogP contribution is -2.70. The summed E-state index contributed by atoms with van der Waals surface area (Å²) in [5.74, 6) is -35.9. The molecule has 0 heterocycles. The summed E-state index contributed by atoms with van der Waals surface area (Å²) in [6.45, 7) is 3.26. The first-order valence-electron chi connectivity index (χ1n) is 14.6. The Morgan fingerprint density at radius 1 is 0.469 bits per heavy atom. The fourth-order valence-corrected chi connectivity index (χ4v) is 4.18. The van der Waals surface area contributed by atoms with Crippen LogP contribution in [0.5, 0.6) is 0 Å². The fraction of sp³-hybridized carbons (Fsp3) is 0.600. The summed E-state index contributed by atoms with van der Waals surface area (Å²) in [5.41, 5.74) is -1.96. The zero-order valence-corrected chi connectivity index (χ0v) is 25.7. The van der Waals surface area contributed by atoms with Crippen molar-refractivity contribution in [1.82, 2.24) is 5.32 Å². The Kier molecular flexibility index (Phi) is 15.2. The lowest BCUT2D eigenvalue weighted by molar-refractivity contribution is -0.375. The average molecular weight is 748 g/mol. The van der Waals surface area contributed by atoms with Crippen LogP contribution in [0, 0.1) is 34.9 Å². The molecule has 0 aliphatic rings. The molecule has 2 aromatic carbocycles. The third-order valence-electron chi connectivity index (χ3n) is 7.06. The monoisotopic (exact) mass is 747 g/mol. The van der Waals surface area contributed by atoms with Gasteiger partial charge in [-0.3, -0.25) is 0 Å². The zero-order chi connectivity index (χ0) is 38.2. The Balaban J connectivity index is 0.000000558. The fourth-order valence-electron chi connectivity index (χ4n) is 4.18. The molecule has 282 valence electrons. The van der Waals surface area contributed by atoms with Gasteiger partial charge in [0, 0.05) is 18.4 Å². The number of alkyl halides is 12. The normalized spacial score (nSPS) is 13.4. The van der Waals surface area contributed by atoms with Gasteiger partial charge >= 0.3 is 35.8 Å². The van der Waals surface area contributed by atoms with Crippen molar-refractivity contribution in [3.05, 3.63) is 59.2 Å². The Morgan fingerprint density at radius 3 is 1.16 bits per heavy atom. The largest absolute Gasteiger partial charge is 0.386 e. The van der Waals surface area contributed by atoms with E-state index in [0.717, 1.165) is 12.1 Å². The first-order chi connectivity index (χ1) is 22.3. The van der Waals surface area contributed by atoms with Crippen molar-refractivity contribution >= 4 is 0 Å². The van der Waals surface area contributed by atoms with Crippen LogP contribution in [0.3, 0.4) is 0 Å². The van der Waals surface area contributed by atoms with Crippen LogP contribution >= 0.6 is 0 Å². The molecule has 0 unspecified atom stereocenters. The van der Waals surface area contributed by atoms with Crippen molar-refractivity contribution in [2.24, 2.45) is 0 Å². The minimum atomic E-state index is -6.62. The van der Waals surface area contributed by atoms with Gasteiger partial charge in [-0.25, -0.2) is 26.3 Å². The van der Waals surface area contributed by atoms with E-state index in [1.54, 1.807) is 13.8 Å². The average Bonchev–Trinajstić information content (AvgIpc) is 3.00. The molecule has 1 nitrogen and oxygen atoms in total. The van der Waals surface area contributed by atoms with Crippen LogP contribution in [0.15, 0.2) is 24.3 Å². The summed E-state index contributed by atoms with van der Waals surface area (Å²) in [5, 5.41) is -0.898. The highest BCUT2D eigenvalue weighted by Gasteiger charge is 2.78. The summed E-state index contributed by atoms with van der Waals surface area (Å²) in [6, 6.07) is -9.01. The Hall–Kier alpha value is -2.86. The molecule has 0 amide bonds. The maximum Gasteiger partial charge on any atom is 0.386 e. The van der Waals surface area contributed by atoms with E-state index in [4.69, 9.17) is 0 Å². The lowest BCUT2D eigenvalue weighted by atomic mass is 9.99. The number of rotatable bonds is 17. The molecular weight excluding hydrogens is 716 g/mol. The summed E-state index contributed by atoms with van der Waals surface area (Å²) in [6.07, 6.45) is -3.58. The van der Waals surface area contributed by atoms with Gasteiger partial charge < -0.3 is 0 Å². The van der Waals surface area contributed by atoms with Gasteiger partial charge in [0.2, 0.25) is 5.82 Å². The highest BCUT2D eigenvalue weighted by atomic mass is 19.4. The smallest absolute Gasteiger partial charge is 0.206 e. The minimum Gasteiger partial charge on any atom is -0.206 e. The van der Waals surface area contributed by atoms with Crippen molar-refractivity contribution in [3.63, 3.8) is 0 Å². The molecule has 2 aromatic rings. The molecule has 2 rings (SSSR count). The zero-order valence-electron chi connectivity index (χ0n) is 25.7. The second-order valence-electron chi connectivity index (χ2n) is 10.9. The first kappa shape index (κ1) is 44.2. The molecule has 0 atom stereocenters. The van der Waals surface area contributed by atoms with E-state index >= 15 is 0 Å². The van der Waals surface area contributed by atoms with Gasteiger partial charge in [-0.2, -0.15) is 58.0 Å². The van der Waals surface area contributed by atoms with Crippen molar-refractivity contribution in [2.45, 2.75) is 114 Å². The van der Waals surface area contributed by atoms with E-state index in [1.807, 2.05) is 0 Å². The van der Waals surface area contributed by atoms with Gasteiger partial charge in [-0.15, -0.1) is 0 Å². The topological polar surface area (TPSA) is 12.0 Å². The summed E-state index contributed by atoms with van der Waals surface area (Å²) in [7, 11) is 0. The number of hydrogen-bond acceptors (Lipinski definition) is 1. The van der Waals surface area contributed by atoms with Crippen LogP contribution in [-0.4, -0.2) is 35.8 Å². The van der Waals surface area contributed by atoms with Crippen LogP contribution in [0.25, 0.3) is 11.1 Å². The van der Waals surface area contributed by atoms with Crippen LogP contribution in [0.2, 0.25) is 0 Å². The molecule has 0 spiro atoms. The third kappa shape index (κ3) is 9.90. The van der Waals surface area contributed by atoms with E-state index in [2.05, 4.69) is 0 Å². The maximum atomic E-state index is 13.7. The number of benzene rings is 2. The summed E-state index contributed by atoms with van der Waals surface area (Å²) >= 11 is 0. The highest BCUT2D eigenvalue weighted by Crippen LogP contribution is 2.52. The first-order valence-corrected chi connectivity index (χ1v) is 14.6. The molecule has 1 N–H and O–H groups in total. The quantitative estimate of drug-likeness (QED) is 0.0559. The van der Waals surface area contributed by atoms with Crippen LogP contribution < -0.4 is 5.32 Å². The van der Waals surface area contributed by atoms with Crippen molar-refractivity contribution in [3.8, 4) is 11.1 Å². The molecule has 0 saturated heterocycles. The maximum absolute atomic E-state index is 13.7. The van der Waals surface area contributed by atoms with Crippen LogP contribution in [0.1, 0.15) is 78.1 Å². The Labute approximate surface area is 269 Å². The van der Waals surface area contributed by atoms with Gasteiger partial charge in [0.25, 0.3) is 0 Å². The highest BCUT2D eigenvalue weighted by molar-refractivity contribution is 5.66. The molecular formula is C30H31F18N. The summed E-state index contributed by atoms with van der Waals surface area (Å²) in [4.78, 5) is 0. The van der Waals surface area contributed by atoms with Gasteiger partial charge in [-0.05, 0) is 18.9 Å². The summed E-state index contributed by atoms with van der Waals surface area (Å²) < 4.78 is 242. The lowest BCUT2D eigenvalue weighted by Gasteiger charge is -2.38. The van der Waals surface area contributed by atoms with Gasteiger partial charge in [0.15, 0.2) is 23.3 Å². The molecule has 0 aromatic heterocycles. The molecule has 49 heavy (non-hydrogen) atoms. The van der Waals surface area contributed by atoms with Crippen molar-refractivity contribution in [2.75, 3.05) is 0 Å². The number of nitrogens with one attached hydrogen (secondary N) is 1. The van der Waals surface area contributed by atoms with Gasteiger partial charge in [0.05, 0.1) is 5.56 Å². The molecule has 19 heteroatoms. The molecule has 0 bridgehead atoms. The van der Waals surface area contributed by atoms with Crippen molar-refractivity contribution < 1.29 is 79.0 Å². The molecule has 0 radical (unpaired) electrons. The second-order valence-corrected chi connectivity index (χ2v) is 10.9. The molecule has 0 aliphatic carbocycles. The number of unbranched alkanes of at least 4 members (excludes halogenated alkanes) is 6. The van der Waals surface area contributed by atoms with E-state index in [0.29, 0.717) is 25.7 Å². The van der Waals surface area contributed by atoms with Gasteiger partial charge in [-0.1, -0.05) is 70.6 Å². The molecule has 0 fully saturated rings. The Morgan fingerprint density at radius 2 is 0.816 bits per heavy atom. The van der Waals surface area contributed by atoms with Gasteiger partial charge in [0.1, 0.15) is 5.82 Å². The third-order valence-corrected chi connectivity index (χ3v) is 7.06. The predicted octanol–water partition coefficient (Wildman–Crippen LogP) is 12.4. The predicted molar refractivity (Wildman–Crippen MR) is 142 cm³/mol. The molecule has 0 saturated carbocycles.